The van der Waals surface area contributed by atoms with Crippen LogP contribution in [0.2, 0.25) is 0 Å². The molecule has 1 spiro atoms. The fraction of sp³-hybridized carbons (Fsp3) is 0.409. The highest BCUT2D eigenvalue weighted by Gasteiger charge is 2.58. The average Bonchev–Trinajstić information content (AvgIpc) is 3.46. The minimum Gasteiger partial charge on any atom is -0.356 e. The number of nitrogens with zero attached hydrogens (tertiary/aromatic N) is 5. The maximum absolute atomic E-state index is 14.4. The number of hydrogen-bond acceptors (Lipinski definition) is 5. The largest absolute Gasteiger partial charge is 0.356 e. The van der Waals surface area contributed by atoms with Gasteiger partial charge in [-0.3, -0.25) is 4.79 Å². The normalized spacial score (nSPS) is 25.4. The van der Waals surface area contributed by atoms with E-state index in [0.29, 0.717) is 31.5 Å². The number of fused-ring (bicyclic) bond motifs is 2. The van der Waals surface area contributed by atoms with Crippen molar-refractivity contribution in [3.63, 3.8) is 0 Å². The predicted molar refractivity (Wildman–Crippen MR) is 107 cm³/mol. The topological polar surface area (TPSA) is 63.0 Å². The van der Waals surface area contributed by atoms with E-state index in [1.807, 2.05) is 28.8 Å². The van der Waals surface area contributed by atoms with E-state index in [-0.39, 0.29) is 24.0 Å². The molecule has 0 radical (unpaired) electrons. The molecule has 3 aromatic rings. The molecular formula is C22H22FN5O2. The molecule has 0 N–H and O–H groups in total. The van der Waals surface area contributed by atoms with Crippen molar-refractivity contribution in [1.82, 2.24) is 19.5 Å². The number of pyridine rings is 1. The van der Waals surface area contributed by atoms with Crippen LogP contribution in [0.5, 0.6) is 0 Å². The highest BCUT2D eigenvalue weighted by Crippen LogP contribution is 2.48. The number of aromatic nitrogens is 3. The second-order valence-electron chi connectivity index (χ2n) is 8.29. The number of carbonyl (C=O) groups is 1. The van der Waals surface area contributed by atoms with Gasteiger partial charge in [-0.1, -0.05) is 24.3 Å². The van der Waals surface area contributed by atoms with Crippen molar-refractivity contribution < 1.29 is 13.9 Å². The van der Waals surface area contributed by atoms with E-state index in [1.54, 1.807) is 23.4 Å². The molecule has 5 heterocycles. The van der Waals surface area contributed by atoms with Gasteiger partial charge in [-0.15, -0.1) is 0 Å². The maximum Gasteiger partial charge on any atom is 0.257 e. The molecule has 6 rings (SSSR count). The van der Waals surface area contributed by atoms with Gasteiger partial charge in [0.15, 0.2) is 11.2 Å². The summed E-state index contributed by atoms with van der Waals surface area (Å²) in [7, 11) is 0. The van der Waals surface area contributed by atoms with Crippen molar-refractivity contribution >= 4 is 17.4 Å². The van der Waals surface area contributed by atoms with Gasteiger partial charge in [0, 0.05) is 31.5 Å². The summed E-state index contributed by atoms with van der Waals surface area (Å²) in [4.78, 5) is 21.8. The second-order valence-corrected chi connectivity index (χ2v) is 8.29. The van der Waals surface area contributed by atoms with E-state index in [2.05, 4.69) is 15.0 Å². The lowest BCUT2D eigenvalue weighted by molar-refractivity contribution is -0.140. The second kappa shape index (κ2) is 6.50. The average molecular weight is 407 g/mol. The van der Waals surface area contributed by atoms with Crippen LogP contribution in [-0.4, -0.2) is 50.3 Å². The van der Waals surface area contributed by atoms with E-state index in [1.165, 1.54) is 6.07 Å². The highest BCUT2D eigenvalue weighted by molar-refractivity contribution is 5.88. The van der Waals surface area contributed by atoms with Crippen LogP contribution in [0.1, 0.15) is 37.3 Å². The van der Waals surface area contributed by atoms with Gasteiger partial charge in [0.2, 0.25) is 0 Å². The summed E-state index contributed by atoms with van der Waals surface area (Å²) in [5, 5.41) is 4.32. The van der Waals surface area contributed by atoms with E-state index in [9.17, 15) is 9.18 Å². The Hall–Kier alpha value is -3.00. The number of halogens is 1. The number of amides is 1. The van der Waals surface area contributed by atoms with Crippen LogP contribution in [0, 0.1) is 5.82 Å². The zero-order chi connectivity index (χ0) is 20.3. The monoisotopic (exact) mass is 407 g/mol. The molecule has 0 bridgehead atoms. The number of hydrogen-bond donors (Lipinski definition) is 0. The fourth-order valence-corrected chi connectivity index (χ4v) is 5.26. The van der Waals surface area contributed by atoms with Gasteiger partial charge < -0.3 is 14.5 Å². The van der Waals surface area contributed by atoms with Gasteiger partial charge in [-0.25, -0.2) is 9.37 Å². The Balaban J connectivity index is 1.24. The predicted octanol–water partition coefficient (Wildman–Crippen LogP) is 2.93. The molecule has 8 heteroatoms. The number of piperidine rings is 1. The quantitative estimate of drug-likeness (QED) is 0.654. The summed E-state index contributed by atoms with van der Waals surface area (Å²) in [5.74, 6) is 0.722. The Morgan fingerprint density at radius 2 is 1.90 bits per heavy atom. The first-order chi connectivity index (χ1) is 14.7. The lowest BCUT2D eigenvalue weighted by atomic mass is 9.89. The van der Waals surface area contributed by atoms with Gasteiger partial charge in [0.25, 0.3) is 5.91 Å². The molecule has 0 unspecified atom stereocenters. The van der Waals surface area contributed by atoms with Gasteiger partial charge in [-0.2, -0.15) is 9.61 Å². The van der Waals surface area contributed by atoms with Crippen LogP contribution in [0.3, 0.4) is 0 Å². The van der Waals surface area contributed by atoms with Crippen molar-refractivity contribution in [1.29, 1.82) is 0 Å². The molecule has 2 aromatic heterocycles. The molecule has 30 heavy (non-hydrogen) atoms. The molecule has 0 saturated carbocycles. The molecule has 3 saturated heterocycles. The summed E-state index contributed by atoms with van der Waals surface area (Å²) >= 11 is 0. The molecular weight excluding hydrogens is 385 g/mol. The highest BCUT2D eigenvalue weighted by atomic mass is 19.1. The maximum atomic E-state index is 14.4. The fourth-order valence-electron chi connectivity index (χ4n) is 5.26. The SMILES string of the molecule is O=C1N2[C@@H](CC[C@H]2c2ccccc2F)OC12CCN(c1cccc3ncnn13)CC2. The number of ether oxygens (including phenoxy) is 1. The zero-order valence-electron chi connectivity index (χ0n) is 16.4. The summed E-state index contributed by atoms with van der Waals surface area (Å²) in [5.41, 5.74) is 0.583. The molecule has 7 nitrogen and oxygen atoms in total. The summed E-state index contributed by atoms with van der Waals surface area (Å²) < 4.78 is 22.6. The third-order valence-corrected chi connectivity index (χ3v) is 6.76. The first-order valence-corrected chi connectivity index (χ1v) is 10.4. The first kappa shape index (κ1) is 17.8. The third kappa shape index (κ3) is 2.49. The number of benzene rings is 1. The number of carbonyl (C=O) groups excluding carboxylic acids is 1. The molecule has 1 aromatic carbocycles. The minimum absolute atomic E-state index is 0.0110. The summed E-state index contributed by atoms with van der Waals surface area (Å²) in [6, 6.07) is 12.4. The molecule has 3 aliphatic heterocycles. The van der Waals surface area contributed by atoms with Crippen molar-refractivity contribution in [2.75, 3.05) is 18.0 Å². The Labute approximate surface area is 173 Å². The van der Waals surface area contributed by atoms with E-state index < -0.39 is 5.60 Å². The lowest BCUT2D eigenvalue weighted by Crippen LogP contribution is -2.50. The zero-order valence-corrected chi connectivity index (χ0v) is 16.4. The molecule has 3 aliphatic rings. The first-order valence-electron chi connectivity index (χ1n) is 10.4. The smallest absolute Gasteiger partial charge is 0.257 e. The van der Waals surface area contributed by atoms with Gasteiger partial charge in [-0.05, 0) is 31.0 Å². The van der Waals surface area contributed by atoms with Crippen LogP contribution >= 0.6 is 0 Å². The van der Waals surface area contributed by atoms with Crippen molar-refractivity contribution in [3.05, 3.63) is 60.2 Å². The standard InChI is InChI=1S/C22H22FN5O2/c23-16-5-2-1-4-15(16)17-8-9-20-27(17)21(29)22(30-20)10-12-26(13-11-22)19-7-3-6-18-24-14-25-28(18)19/h1-7,14,17,20H,8-13H2/t17-,20+/m0/s1. The van der Waals surface area contributed by atoms with Gasteiger partial charge in [0.05, 0.1) is 6.04 Å². The molecule has 0 aliphatic carbocycles. The van der Waals surface area contributed by atoms with E-state index >= 15 is 0 Å². The van der Waals surface area contributed by atoms with Gasteiger partial charge >= 0.3 is 0 Å². The van der Waals surface area contributed by atoms with Crippen molar-refractivity contribution in [2.24, 2.45) is 0 Å². The van der Waals surface area contributed by atoms with Gasteiger partial charge in [0.1, 0.15) is 24.2 Å². The third-order valence-electron chi connectivity index (χ3n) is 6.76. The Morgan fingerprint density at radius 3 is 2.73 bits per heavy atom. The Morgan fingerprint density at radius 1 is 1.07 bits per heavy atom. The van der Waals surface area contributed by atoms with E-state index in [4.69, 9.17) is 4.74 Å². The van der Waals surface area contributed by atoms with Crippen LogP contribution in [-0.2, 0) is 9.53 Å². The number of rotatable bonds is 2. The van der Waals surface area contributed by atoms with Crippen LogP contribution in [0.15, 0.2) is 48.8 Å². The molecule has 154 valence electrons. The molecule has 3 fully saturated rings. The Bertz CT molecular complexity index is 1120. The van der Waals surface area contributed by atoms with Crippen molar-refractivity contribution in [2.45, 2.75) is 43.6 Å². The van der Waals surface area contributed by atoms with E-state index in [0.717, 1.165) is 24.3 Å². The summed E-state index contributed by atoms with van der Waals surface area (Å²) in [6.45, 7) is 1.38. The van der Waals surface area contributed by atoms with Crippen LogP contribution in [0.25, 0.3) is 5.65 Å². The van der Waals surface area contributed by atoms with Crippen LogP contribution < -0.4 is 4.90 Å². The molecule has 1 amide bonds. The number of anilines is 1. The Kier molecular flexibility index (Phi) is 3.86. The van der Waals surface area contributed by atoms with Crippen LogP contribution in [0.4, 0.5) is 10.2 Å². The molecule has 2 atom stereocenters. The van der Waals surface area contributed by atoms with Crippen molar-refractivity contribution in [3.8, 4) is 0 Å². The lowest BCUT2D eigenvalue weighted by Gasteiger charge is -2.38. The summed E-state index contributed by atoms with van der Waals surface area (Å²) in [6.07, 6.45) is 3.97. The minimum atomic E-state index is -0.804.